The number of aromatic nitrogens is 1. The van der Waals surface area contributed by atoms with E-state index in [4.69, 9.17) is 0 Å². The number of pyridine rings is 1. The maximum Gasteiger partial charge on any atom is 0.314 e. The molecule has 2 aromatic rings. The number of anilines is 2. The Labute approximate surface area is 117 Å². The minimum atomic E-state index is -0.714. The van der Waals surface area contributed by atoms with Gasteiger partial charge in [-0.3, -0.25) is 4.79 Å². The molecule has 0 radical (unpaired) electrons. The summed E-state index contributed by atoms with van der Waals surface area (Å²) in [5, 5.41) is 12.6. The van der Waals surface area contributed by atoms with Crippen LogP contribution in [0, 0.1) is 0 Å². The third-order valence-electron chi connectivity index (χ3n) is 3.99. The summed E-state index contributed by atoms with van der Waals surface area (Å²) >= 11 is 0. The Morgan fingerprint density at radius 3 is 2.40 bits per heavy atom. The zero-order valence-electron chi connectivity index (χ0n) is 11.0. The number of carbonyl (C=O) groups is 1. The lowest BCUT2D eigenvalue weighted by Crippen LogP contribution is -2.42. The molecule has 4 heteroatoms. The zero-order valence-corrected chi connectivity index (χ0v) is 11.0. The number of hydrogen-bond donors (Lipinski definition) is 2. The SMILES string of the molecule is O=C(O)C1(c2ccc(Nc3ccccn3)cc2)CCC1. The van der Waals surface area contributed by atoms with Crippen LogP contribution < -0.4 is 5.32 Å². The van der Waals surface area contributed by atoms with Crippen LogP contribution in [0.25, 0.3) is 0 Å². The highest BCUT2D eigenvalue weighted by Crippen LogP contribution is 2.44. The Balaban J connectivity index is 1.80. The van der Waals surface area contributed by atoms with Crippen LogP contribution in [0.4, 0.5) is 11.5 Å². The maximum absolute atomic E-state index is 11.5. The molecule has 1 heterocycles. The normalized spacial score (nSPS) is 16.2. The van der Waals surface area contributed by atoms with Crippen LogP contribution in [-0.4, -0.2) is 16.1 Å². The predicted molar refractivity (Wildman–Crippen MR) is 77.1 cm³/mol. The van der Waals surface area contributed by atoms with E-state index in [-0.39, 0.29) is 0 Å². The van der Waals surface area contributed by atoms with Gasteiger partial charge in [0.15, 0.2) is 0 Å². The molecule has 0 aliphatic heterocycles. The lowest BCUT2D eigenvalue weighted by Gasteiger charge is -2.38. The Kier molecular flexibility index (Phi) is 3.14. The molecule has 3 rings (SSSR count). The molecule has 1 aliphatic carbocycles. The quantitative estimate of drug-likeness (QED) is 0.892. The van der Waals surface area contributed by atoms with E-state index in [9.17, 15) is 9.90 Å². The Bertz CT molecular complexity index is 604. The van der Waals surface area contributed by atoms with Crippen LogP contribution in [0.1, 0.15) is 24.8 Å². The second-order valence-corrected chi connectivity index (χ2v) is 5.16. The van der Waals surface area contributed by atoms with Gasteiger partial charge in [0.1, 0.15) is 5.82 Å². The fourth-order valence-electron chi connectivity index (χ4n) is 2.61. The minimum absolute atomic E-state index is 0.663. The van der Waals surface area contributed by atoms with Crippen molar-refractivity contribution >= 4 is 17.5 Å². The molecule has 0 atom stereocenters. The Morgan fingerprint density at radius 1 is 1.15 bits per heavy atom. The standard InChI is InChI=1S/C16H16N2O2/c19-15(20)16(9-3-10-16)12-5-7-13(8-6-12)18-14-4-1-2-11-17-14/h1-2,4-8,11H,3,9-10H2,(H,17,18)(H,19,20). The van der Waals surface area contributed by atoms with Gasteiger partial charge in [-0.2, -0.15) is 0 Å². The van der Waals surface area contributed by atoms with E-state index < -0.39 is 11.4 Å². The van der Waals surface area contributed by atoms with Gasteiger partial charge < -0.3 is 10.4 Å². The van der Waals surface area contributed by atoms with Crippen molar-refractivity contribution in [1.82, 2.24) is 4.98 Å². The lowest BCUT2D eigenvalue weighted by atomic mass is 9.64. The lowest BCUT2D eigenvalue weighted by molar-refractivity contribution is -0.147. The monoisotopic (exact) mass is 268 g/mol. The van der Waals surface area contributed by atoms with Gasteiger partial charge >= 0.3 is 5.97 Å². The van der Waals surface area contributed by atoms with Gasteiger partial charge in [0.2, 0.25) is 0 Å². The molecule has 20 heavy (non-hydrogen) atoms. The van der Waals surface area contributed by atoms with Crippen LogP contribution >= 0.6 is 0 Å². The van der Waals surface area contributed by atoms with Gasteiger partial charge in [-0.25, -0.2) is 4.98 Å². The van der Waals surface area contributed by atoms with Crippen molar-refractivity contribution in [3.63, 3.8) is 0 Å². The van der Waals surface area contributed by atoms with Crippen LogP contribution in [0.3, 0.4) is 0 Å². The van der Waals surface area contributed by atoms with Crippen LogP contribution in [0.15, 0.2) is 48.7 Å². The van der Waals surface area contributed by atoms with Crippen LogP contribution in [-0.2, 0) is 10.2 Å². The first-order chi connectivity index (χ1) is 9.71. The number of rotatable bonds is 4. The molecule has 0 saturated heterocycles. The number of nitrogens with zero attached hydrogens (tertiary/aromatic N) is 1. The van der Waals surface area contributed by atoms with Crippen LogP contribution in [0.5, 0.6) is 0 Å². The van der Waals surface area contributed by atoms with Crippen molar-refractivity contribution in [3.8, 4) is 0 Å². The highest BCUT2D eigenvalue weighted by Gasteiger charge is 2.45. The zero-order chi connectivity index (χ0) is 14.0. The van der Waals surface area contributed by atoms with Crippen molar-refractivity contribution in [2.75, 3.05) is 5.32 Å². The third-order valence-corrected chi connectivity index (χ3v) is 3.99. The molecule has 1 aromatic carbocycles. The van der Waals surface area contributed by atoms with E-state index in [0.29, 0.717) is 0 Å². The first-order valence-corrected chi connectivity index (χ1v) is 6.73. The van der Waals surface area contributed by atoms with E-state index >= 15 is 0 Å². The van der Waals surface area contributed by atoms with Crippen molar-refractivity contribution in [1.29, 1.82) is 0 Å². The number of hydrogen-bond acceptors (Lipinski definition) is 3. The molecule has 0 bridgehead atoms. The van der Waals surface area contributed by atoms with E-state index in [1.165, 1.54) is 0 Å². The van der Waals surface area contributed by atoms with Crippen molar-refractivity contribution in [2.24, 2.45) is 0 Å². The smallest absolute Gasteiger partial charge is 0.314 e. The Morgan fingerprint density at radius 2 is 1.90 bits per heavy atom. The minimum Gasteiger partial charge on any atom is -0.481 e. The number of nitrogens with one attached hydrogen (secondary N) is 1. The summed E-state index contributed by atoms with van der Waals surface area (Å²) in [7, 11) is 0. The molecule has 2 N–H and O–H groups in total. The number of aliphatic carboxylic acids is 1. The van der Waals surface area contributed by atoms with Crippen molar-refractivity contribution in [3.05, 3.63) is 54.2 Å². The molecular weight excluding hydrogens is 252 g/mol. The van der Waals surface area contributed by atoms with E-state index in [1.807, 2.05) is 42.5 Å². The molecular formula is C16H16N2O2. The molecule has 1 aromatic heterocycles. The largest absolute Gasteiger partial charge is 0.481 e. The molecule has 1 aliphatic rings. The average molecular weight is 268 g/mol. The first kappa shape index (κ1) is 12.7. The predicted octanol–water partition coefficient (Wildman–Crippen LogP) is 3.33. The van der Waals surface area contributed by atoms with E-state index in [1.54, 1.807) is 6.20 Å². The van der Waals surface area contributed by atoms with Crippen LogP contribution in [0.2, 0.25) is 0 Å². The van der Waals surface area contributed by atoms with Gasteiger partial charge in [0.25, 0.3) is 0 Å². The summed E-state index contributed by atoms with van der Waals surface area (Å²) < 4.78 is 0. The molecule has 0 spiro atoms. The summed E-state index contributed by atoms with van der Waals surface area (Å²) in [4.78, 5) is 15.6. The van der Waals surface area contributed by atoms with Crippen molar-refractivity contribution in [2.45, 2.75) is 24.7 Å². The first-order valence-electron chi connectivity index (χ1n) is 6.73. The topological polar surface area (TPSA) is 62.2 Å². The van der Waals surface area contributed by atoms with Gasteiger partial charge in [0.05, 0.1) is 5.41 Å². The fourth-order valence-corrected chi connectivity index (χ4v) is 2.61. The van der Waals surface area contributed by atoms with Crippen molar-refractivity contribution < 1.29 is 9.90 Å². The van der Waals surface area contributed by atoms with Gasteiger partial charge in [-0.05, 0) is 42.7 Å². The van der Waals surface area contributed by atoms with E-state index in [0.717, 1.165) is 36.3 Å². The second kappa shape index (κ2) is 4.96. The van der Waals surface area contributed by atoms with Gasteiger partial charge in [-0.15, -0.1) is 0 Å². The number of carboxylic acids is 1. The summed E-state index contributed by atoms with van der Waals surface area (Å²) in [5.41, 5.74) is 1.14. The van der Waals surface area contributed by atoms with Gasteiger partial charge in [-0.1, -0.05) is 24.6 Å². The molecule has 4 nitrogen and oxygen atoms in total. The number of benzene rings is 1. The molecule has 1 fully saturated rings. The second-order valence-electron chi connectivity index (χ2n) is 5.16. The highest BCUT2D eigenvalue weighted by molar-refractivity contribution is 5.82. The summed E-state index contributed by atoms with van der Waals surface area (Å²) in [6, 6.07) is 13.3. The molecule has 0 unspecified atom stereocenters. The van der Waals surface area contributed by atoms with Gasteiger partial charge in [0, 0.05) is 11.9 Å². The molecule has 0 amide bonds. The number of carboxylic acid groups (broad SMARTS) is 1. The fraction of sp³-hybridized carbons (Fsp3) is 0.250. The molecule has 1 saturated carbocycles. The third kappa shape index (κ3) is 2.13. The Hall–Kier alpha value is -2.36. The average Bonchev–Trinajstić information content (AvgIpc) is 2.40. The summed E-state index contributed by atoms with van der Waals surface area (Å²) in [6.45, 7) is 0. The summed E-state index contributed by atoms with van der Waals surface area (Å²) in [5.74, 6) is 0.0611. The molecule has 102 valence electrons. The van der Waals surface area contributed by atoms with E-state index in [2.05, 4.69) is 10.3 Å². The maximum atomic E-state index is 11.5. The highest BCUT2D eigenvalue weighted by atomic mass is 16.4. The summed E-state index contributed by atoms with van der Waals surface area (Å²) in [6.07, 6.45) is 4.18.